The van der Waals surface area contributed by atoms with Gasteiger partial charge < -0.3 is 9.64 Å². The van der Waals surface area contributed by atoms with Crippen molar-refractivity contribution in [3.05, 3.63) is 104 Å². The van der Waals surface area contributed by atoms with Crippen LogP contribution in [0.1, 0.15) is 41.0 Å². The van der Waals surface area contributed by atoms with E-state index in [1.54, 1.807) is 54.9 Å². The van der Waals surface area contributed by atoms with Gasteiger partial charge in [0.15, 0.2) is 0 Å². The maximum atomic E-state index is 13.9. The van der Waals surface area contributed by atoms with E-state index in [2.05, 4.69) is 13.8 Å². The fourth-order valence-corrected chi connectivity index (χ4v) is 7.37. The number of nitrogens with zero attached hydrogens (tertiary/aromatic N) is 4. The zero-order chi connectivity index (χ0) is 30.6. The van der Waals surface area contributed by atoms with Crippen molar-refractivity contribution in [2.24, 2.45) is 7.05 Å². The number of sulfonamides is 1. The molecule has 220 valence electrons. The van der Waals surface area contributed by atoms with Gasteiger partial charge in [0.1, 0.15) is 16.3 Å². The van der Waals surface area contributed by atoms with Gasteiger partial charge in [0.05, 0.1) is 23.5 Å². The number of carbonyl (C=O) groups is 1. The van der Waals surface area contributed by atoms with Crippen LogP contribution < -0.4 is 14.6 Å². The van der Waals surface area contributed by atoms with Crippen LogP contribution in [0, 0.1) is 6.92 Å². The number of hydrogen-bond acceptors (Lipinski definition) is 5. The Balaban J connectivity index is 1.51. The quantitative estimate of drug-likeness (QED) is 0.310. The number of amides is 1. The fourth-order valence-electron chi connectivity index (χ4n) is 5.62. The van der Waals surface area contributed by atoms with Crippen LogP contribution >= 0.6 is 11.6 Å². The van der Waals surface area contributed by atoms with E-state index < -0.39 is 15.6 Å². The molecule has 0 fully saturated rings. The largest absolute Gasteiger partial charge is 0.497 e. The first kappa shape index (κ1) is 29.5. The highest BCUT2D eigenvalue weighted by Crippen LogP contribution is 2.37. The molecule has 1 aliphatic heterocycles. The standard InChI is InChI=1S/C31H33ClN4O5S/c1-20-28(30(38)36(33(20)4)23-10-8-7-9-11-23)34(5)42(39,40)27-16-21(13-15-26(27)32)29(37)35-18-22-12-14-24(41-6)17-25(22)31(2,3)19-35/h7-17H,18-19H2,1-6H3. The van der Waals surface area contributed by atoms with Crippen molar-refractivity contribution in [3.63, 3.8) is 0 Å². The molecule has 0 spiro atoms. The molecule has 1 aromatic heterocycles. The molecule has 2 heterocycles. The fraction of sp³-hybridized carbons (Fsp3) is 0.290. The van der Waals surface area contributed by atoms with Crippen LogP contribution in [-0.2, 0) is 29.0 Å². The lowest BCUT2D eigenvalue weighted by molar-refractivity contribution is 0.0686. The lowest BCUT2D eigenvalue weighted by atomic mass is 9.78. The van der Waals surface area contributed by atoms with E-state index in [1.165, 1.54) is 29.9 Å². The van der Waals surface area contributed by atoms with Gasteiger partial charge >= 0.3 is 0 Å². The molecule has 11 heteroatoms. The van der Waals surface area contributed by atoms with E-state index in [0.29, 0.717) is 24.5 Å². The zero-order valence-electron chi connectivity index (χ0n) is 24.4. The van der Waals surface area contributed by atoms with Gasteiger partial charge in [-0.05, 0) is 60.5 Å². The molecule has 0 radical (unpaired) electrons. The maximum absolute atomic E-state index is 13.9. The summed E-state index contributed by atoms with van der Waals surface area (Å²) in [6, 6.07) is 19.0. The molecule has 0 unspecified atom stereocenters. The first-order valence-corrected chi connectivity index (χ1v) is 15.2. The molecule has 9 nitrogen and oxygen atoms in total. The first-order chi connectivity index (χ1) is 19.8. The first-order valence-electron chi connectivity index (χ1n) is 13.4. The van der Waals surface area contributed by atoms with Crippen molar-refractivity contribution in [1.29, 1.82) is 0 Å². The molecule has 3 aromatic carbocycles. The Morgan fingerprint density at radius 3 is 2.40 bits per heavy atom. The van der Waals surface area contributed by atoms with Gasteiger partial charge in [0.2, 0.25) is 0 Å². The molecule has 1 amide bonds. The molecule has 0 bridgehead atoms. The zero-order valence-corrected chi connectivity index (χ0v) is 26.0. The van der Waals surface area contributed by atoms with E-state index in [1.807, 2.05) is 24.3 Å². The van der Waals surface area contributed by atoms with Crippen LogP contribution in [0.4, 0.5) is 5.69 Å². The summed E-state index contributed by atoms with van der Waals surface area (Å²) < 4.78 is 37.2. The van der Waals surface area contributed by atoms with E-state index in [9.17, 15) is 18.0 Å². The summed E-state index contributed by atoms with van der Waals surface area (Å²) in [5, 5.41) is -0.0493. The third-order valence-corrected chi connectivity index (χ3v) is 10.2. The number of carbonyl (C=O) groups excluding carboxylic acids is 1. The van der Waals surface area contributed by atoms with Crippen molar-refractivity contribution in [2.75, 3.05) is 25.0 Å². The minimum absolute atomic E-state index is 0.0148. The molecule has 0 aliphatic carbocycles. The minimum atomic E-state index is -4.33. The number of aromatic nitrogens is 2. The highest BCUT2D eigenvalue weighted by atomic mass is 35.5. The summed E-state index contributed by atoms with van der Waals surface area (Å²) in [4.78, 5) is 28.7. The second-order valence-electron chi connectivity index (χ2n) is 11.1. The number of hydrogen-bond donors (Lipinski definition) is 0. The highest BCUT2D eigenvalue weighted by Gasteiger charge is 2.36. The lowest BCUT2D eigenvalue weighted by Crippen LogP contribution is -2.45. The summed E-state index contributed by atoms with van der Waals surface area (Å²) >= 11 is 6.42. The summed E-state index contributed by atoms with van der Waals surface area (Å²) in [5.74, 6) is 0.435. The molecule has 4 aromatic rings. The number of halogens is 1. The molecule has 42 heavy (non-hydrogen) atoms. The number of para-hydroxylation sites is 1. The molecule has 0 N–H and O–H groups in total. The van der Waals surface area contributed by atoms with Gasteiger partial charge in [0.25, 0.3) is 21.5 Å². The van der Waals surface area contributed by atoms with Gasteiger partial charge in [-0.2, -0.15) is 0 Å². The number of rotatable bonds is 6. The topological polar surface area (TPSA) is 93.8 Å². The SMILES string of the molecule is COc1ccc2c(c1)C(C)(C)CN(C(=O)c1ccc(Cl)c(S(=O)(=O)N(C)c3c(C)n(C)n(-c4ccccc4)c3=O)c1)C2. The van der Waals surface area contributed by atoms with Gasteiger partial charge in [-0.3, -0.25) is 18.6 Å². The number of benzene rings is 3. The van der Waals surface area contributed by atoms with Crippen molar-refractivity contribution < 1.29 is 17.9 Å². The second kappa shape index (κ2) is 10.7. The lowest BCUT2D eigenvalue weighted by Gasteiger charge is -2.40. The van der Waals surface area contributed by atoms with Crippen LogP contribution in [0.5, 0.6) is 5.75 Å². The molecule has 5 rings (SSSR count). The Kier molecular flexibility index (Phi) is 7.49. The van der Waals surface area contributed by atoms with E-state index >= 15 is 0 Å². The predicted molar refractivity (Wildman–Crippen MR) is 164 cm³/mol. The van der Waals surface area contributed by atoms with Crippen molar-refractivity contribution >= 4 is 33.2 Å². The van der Waals surface area contributed by atoms with Crippen LogP contribution in [-0.4, -0.2) is 49.3 Å². The van der Waals surface area contributed by atoms with Crippen LogP contribution in [0.2, 0.25) is 5.02 Å². The Morgan fingerprint density at radius 1 is 1.05 bits per heavy atom. The number of ether oxygens (including phenoxy) is 1. The number of anilines is 1. The maximum Gasteiger partial charge on any atom is 0.296 e. The monoisotopic (exact) mass is 608 g/mol. The van der Waals surface area contributed by atoms with Crippen molar-refractivity contribution in [1.82, 2.24) is 14.3 Å². The smallest absolute Gasteiger partial charge is 0.296 e. The Morgan fingerprint density at radius 2 is 1.74 bits per heavy atom. The van der Waals surface area contributed by atoms with Crippen LogP contribution in [0.25, 0.3) is 5.69 Å². The van der Waals surface area contributed by atoms with Gasteiger partial charge in [-0.25, -0.2) is 13.1 Å². The second-order valence-corrected chi connectivity index (χ2v) is 13.4. The Bertz CT molecular complexity index is 1860. The van der Waals surface area contributed by atoms with Crippen LogP contribution in [0.3, 0.4) is 0 Å². The van der Waals surface area contributed by atoms with Crippen molar-refractivity contribution in [2.45, 2.75) is 37.6 Å². The van der Waals surface area contributed by atoms with Crippen molar-refractivity contribution in [3.8, 4) is 11.4 Å². The predicted octanol–water partition coefficient (Wildman–Crippen LogP) is 4.91. The van der Waals surface area contributed by atoms with E-state index in [4.69, 9.17) is 16.3 Å². The third kappa shape index (κ3) is 4.88. The van der Waals surface area contributed by atoms with Gasteiger partial charge in [-0.15, -0.1) is 0 Å². The minimum Gasteiger partial charge on any atom is -0.497 e. The normalized spacial score (nSPS) is 14.4. The number of fused-ring (bicyclic) bond motifs is 1. The average Bonchev–Trinajstić information content (AvgIpc) is 3.19. The summed E-state index contributed by atoms with van der Waals surface area (Å²) in [7, 11) is 0.297. The molecule has 0 saturated carbocycles. The third-order valence-electron chi connectivity index (χ3n) is 7.94. The summed E-state index contributed by atoms with van der Waals surface area (Å²) in [6.45, 7) is 6.59. The molecular formula is C31H33ClN4O5S. The van der Waals surface area contributed by atoms with E-state index in [-0.39, 0.29) is 32.5 Å². The summed E-state index contributed by atoms with van der Waals surface area (Å²) in [6.07, 6.45) is 0. The molecule has 0 atom stereocenters. The molecular weight excluding hydrogens is 576 g/mol. The van der Waals surface area contributed by atoms with Crippen LogP contribution in [0.15, 0.2) is 76.4 Å². The van der Waals surface area contributed by atoms with E-state index in [0.717, 1.165) is 21.2 Å². The van der Waals surface area contributed by atoms with Gasteiger partial charge in [0, 0.05) is 38.2 Å². The van der Waals surface area contributed by atoms with Gasteiger partial charge in [-0.1, -0.05) is 49.7 Å². The summed E-state index contributed by atoms with van der Waals surface area (Å²) in [5.41, 5.74) is 2.46. The molecule has 1 aliphatic rings. The average molecular weight is 609 g/mol. The highest BCUT2D eigenvalue weighted by molar-refractivity contribution is 7.93. The Labute approximate surface area is 250 Å². The molecule has 0 saturated heterocycles. The Hall–Kier alpha value is -4.02. The number of methoxy groups -OCH3 is 1.